The molecule has 0 fully saturated rings. The van der Waals surface area contributed by atoms with Crippen molar-refractivity contribution in [2.75, 3.05) is 18.6 Å². The van der Waals surface area contributed by atoms with E-state index in [0.717, 1.165) is 30.7 Å². The second-order valence-corrected chi connectivity index (χ2v) is 5.39. The van der Waals surface area contributed by atoms with Crippen LogP contribution in [0, 0.1) is 0 Å². The van der Waals surface area contributed by atoms with Crippen LogP contribution in [0.25, 0.3) is 0 Å². The van der Waals surface area contributed by atoms with E-state index in [1.807, 2.05) is 6.07 Å². The monoisotopic (exact) mass is 286 g/mol. The maximum absolute atomic E-state index is 11.9. The van der Waals surface area contributed by atoms with Crippen LogP contribution in [-0.4, -0.2) is 29.4 Å². The number of thioether (sulfide) groups is 1. The molecule has 1 rings (SSSR count). The fourth-order valence-corrected chi connectivity index (χ4v) is 2.25. The lowest BCUT2D eigenvalue weighted by molar-refractivity contribution is 0.0953. The number of rotatable bonds is 7. The first-order chi connectivity index (χ1) is 8.67. The zero-order valence-corrected chi connectivity index (χ0v) is 12.4. The van der Waals surface area contributed by atoms with E-state index in [-0.39, 0.29) is 5.91 Å². The first-order valence-electron chi connectivity index (χ1n) is 6.11. The van der Waals surface area contributed by atoms with Crippen LogP contribution in [0.4, 0.5) is 0 Å². The van der Waals surface area contributed by atoms with Crippen molar-refractivity contribution in [2.45, 2.75) is 26.2 Å². The second kappa shape index (κ2) is 8.38. The van der Waals surface area contributed by atoms with Crippen molar-refractivity contribution in [2.24, 2.45) is 0 Å². The Morgan fingerprint density at radius 2 is 2.28 bits per heavy atom. The van der Waals surface area contributed by atoms with E-state index in [2.05, 4.69) is 23.5 Å². The maximum atomic E-state index is 11.9. The molecular weight excluding hydrogens is 268 g/mol. The molecule has 3 nitrogen and oxygen atoms in total. The van der Waals surface area contributed by atoms with Crippen molar-refractivity contribution in [1.29, 1.82) is 0 Å². The van der Waals surface area contributed by atoms with Gasteiger partial charge in [-0.3, -0.25) is 4.79 Å². The Balaban J connectivity index is 2.61. The molecule has 0 radical (unpaired) electrons. The number of amides is 1. The minimum atomic E-state index is -0.0715. The number of pyridine rings is 1. The number of nitrogens with zero attached hydrogens (tertiary/aromatic N) is 1. The Kier molecular flexibility index (Phi) is 7.13. The molecule has 0 aromatic carbocycles. The molecule has 0 aliphatic heterocycles. The van der Waals surface area contributed by atoms with Crippen molar-refractivity contribution in [3.8, 4) is 0 Å². The van der Waals surface area contributed by atoms with Crippen molar-refractivity contribution in [1.82, 2.24) is 10.3 Å². The SMILES string of the molecule is CCCc1cc(C(=O)NCCCSC)cc(Cl)n1. The minimum Gasteiger partial charge on any atom is -0.352 e. The topological polar surface area (TPSA) is 42.0 Å². The van der Waals surface area contributed by atoms with Crippen LogP contribution in [0.3, 0.4) is 0 Å². The Morgan fingerprint density at radius 3 is 2.94 bits per heavy atom. The molecule has 0 saturated heterocycles. The summed E-state index contributed by atoms with van der Waals surface area (Å²) in [7, 11) is 0. The van der Waals surface area contributed by atoms with Gasteiger partial charge in [-0.05, 0) is 37.0 Å². The molecule has 1 aromatic rings. The molecule has 1 aromatic heterocycles. The van der Waals surface area contributed by atoms with Crippen LogP contribution in [0.15, 0.2) is 12.1 Å². The standard InChI is InChI=1S/C13H19ClN2OS/c1-3-5-11-8-10(9-12(14)16-11)13(17)15-6-4-7-18-2/h8-9H,3-7H2,1-2H3,(H,15,17). The highest BCUT2D eigenvalue weighted by Crippen LogP contribution is 2.12. The summed E-state index contributed by atoms with van der Waals surface area (Å²) in [5.74, 6) is 0.983. The van der Waals surface area contributed by atoms with E-state index in [1.54, 1.807) is 17.8 Å². The molecule has 1 N–H and O–H groups in total. The lowest BCUT2D eigenvalue weighted by atomic mass is 10.1. The number of aromatic nitrogens is 1. The molecule has 0 atom stereocenters. The van der Waals surface area contributed by atoms with E-state index >= 15 is 0 Å². The summed E-state index contributed by atoms with van der Waals surface area (Å²) in [6.07, 6.45) is 4.87. The minimum absolute atomic E-state index is 0.0715. The lowest BCUT2D eigenvalue weighted by Crippen LogP contribution is -2.25. The van der Waals surface area contributed by atoms with Gasteiger partial charge < -0.3 is 5.32 Å². The van der Waals surface area contributed by atoms with E-state index in [9.17, 15) is 4.79 Å². The number of halogens is 1. The first kappa shape index (κ1) is 15.3. The van der Waals surface area contributed by atoms with Crippen LogP contribution >= 0.6 is 23.4 Å². The van der Waals surface area contributed by atoms with Gasteiger partial charge >= 0.3 is 0 Å². The molecule has 0 aliphatic rings. The Bertz CT molecular complexity index is 399. The van der Waals surface area contributed by atoms with Gasteiger partial charge in [0.25, 0.3) is 5.91 Å². The van der Waals surface area contributed by atoms with Gasteiger partial charge in [0.15, 0.2) is 0 Å². The number of hydrogen-bond donors (Lipinski definition) is 1. The Labute approximate surface area is 118 Å². The van der Waals surface area contributed by atoms with Crippen LogP contribution in [0.5, 0.6) is 0 Å². The molecule has 0 spiro atoms. The summed E-state index contributed by atoms with van der Waals surface area (Å²) in [5, 5.41) is 3.28. The molecule has 1 amide bonds. The predicted octanol–water partition coefficient (Wildman–Crippen LogP) is 3.17. The van der Waals surface area contributed by atoms with Gasteiger partial charge in [0.2, 0.25) is 0 Å². The molecule has 18 heavy (non-hydrogen) atoms. The zero-order valence-electron chi connectivity index (χ0n) is 10.8. The smallest absolute Gasteiger partial charge is 0.251 e. The van der Waals surface area contributed by atoms with Gasteiger partial charge in [-0.25, -0.2) is 4.98 Å². The molecule has 5 heteroatoms. The third kappa shape index (κ3) is 5.27. The average Bonchev–Trinajstić information content (AvgIpc) is 2.34. The van der Waals surface area contributed by atoms with Gasteiger partial charge in [0, 0.05) is 17.8 Å². The highest BCUT2D eigenvalue weighted by atomic mass is 35.5. The van der Waals surface area contributed by atoms with Crippen LogP contribution in [0.2, 0.25) is 5.15 Å². The Hall–Kier alpha value is -0.740. The summed E-state index contributed by atoms with van der Waals surface area (Å²) >= 11 is 7.70. The quantitative estimate of drug-likeness (QED) is 0.618. The van der Waals surface area contributed by atoms with Crippen LogP contribution in [0.1, 0.15) is 35.8 Å². The predicted molar refractivity (Wildman–Crippen MR) is 78.6 cm³/mol. The molecule has 0 aliphatic carbocycles. The fraction of sp³-hybridized carbons (Fsp3) is 0.538. The molecule has 0 bridgehead atoms. The third-order valence-corrected chi connectivity index (χ3v) is 3.32. The number of nitrogens with one attached hydrogen (secondary N) is 1. The summed E-state index contributed by atoms with van der Waals surface area (Å²) in [6, 6.07) is 3.43. The van der Waals surface area contributed by atoms with Crippen molar-refractivity contribution in [3.05, 3.63) is 28.5 Å². The van der Waals surface area contributed by atoms with Gasteiger partial charge in [0.05, 0.1) is 0 Å². The van der Waals surface area contributed by atoms with E-state index in [4.69, 9.17) is 11.6 Å². The summed E-state index contributed by atoms with van der Waals surface area (Å²) < 4.78 is 0. The highest BCUT2D eigenvalue weighted by molar-refractivity contribution is 7.98. The van der Waals surface area contributed by atoms with Crippen molar-refractivity contribution in [3.63, 3.8) is 0 Å². The van der Waals surface area contributed by atoms with E-state index in [1.165, 1.54) is 0 Å². The number of carbonyl (C=O) groups excluding carboxylic acids is 1. The normalized spacial score (nSPS) is 10.4. The van der Waals surface area contributed by atoms with Gasteiger partial charge in [0.1, 0.15) is 5.15 Å². The third-order valence-electron chi connectivity index (χ3n) is 2.43. The number of carbonyl (C=O) groups is 1. The van der Waals surface area contributed by atoms with Gasteiger partial charge in [-0.1, -0.05) is 24.9 Å². The molecule has 1 heterocycles. The van der Waals surface area contributed by atoms with E-state index < -0.39 is 0 Å². The maximum Gasteiger partial charge on any atom is 0.251 e. The van der Waals surface area contributed by atoms with E-state index in [0.29, 0.717) is 17.3 Å². The van der Waals surface area contributed by atoms with Gasteiger partial charge in [-0.2, -0.15) is 11.8 Å². The summed E-state index contributed by atoms with van der Waals surface area (Å²) in [5.41, 5.74) is 1.47. The fourth-order valence-electron chi connectivity index (χ4n) is 1.59. The van der Waals surface area contributed by atoms with Gasteiger partial charge in [-0.15, -0.1) is 0 Å². The van der Waals surface area contributed by atoms with Crippen molar-refractivity contribution < 1.29 is 4.79 Å². The highest BCUT2D eigenvalue weighted by Gasteiger charge is 2.08. The Morgan fingerprint density at radius 1 is 1.50 bits per heavy atom. The van der Waals surface area contributed by atoms with Crippen molar-refractivity contribution >= 4 is 29.3 Å². The lowest BCUT2D eigenvalue weighted by Gasteiger charge is -2.07. The first-order valence-corrected chi connectivity index (χ1v) is 7.88. The molecule has 100 valence electrons. The van der Waals surface area contributed by atoms with Crippen LogP contribution < -0.4 is 5.32 Å². The number of hydrogen-bond acceptors (Lipinski definition) is 3. The second-order valence-electron chi connectivity index (χ2n) is 4.02. The van der Waals surface area contributed by atoms with Crippen LogP contribution in [-0.2, 0) is 6.42 Å². The molecule has 0 saturated carbocycles. The molecule has 0 unspecified atom stereocenters. The largest absolute Gasteiger partial charge is 0.352 e. The number of aryl methyl sites for hydroxylation is 1. The summed E-state index contributed by atoms with van der Waals surface area (Å²) in [4.78, 5) is 16.1. The summed E-state index contributed by atoms with van der Waals surface area (Å²) in [6.45, 7) is 2.77. The zero-order chi connectivity index (χ0) is 13.4. The average molecular weight is 287 g/mol. The molecular formula is C13H19ClN2OS.